The summed E-state index contributed by atoms with van der Waals surface area (Å²) in [5.74, 6) is 2.25. The number of Topliss-reactive ketones (excluding diaryl/α,β-unsaturated/α-hetero) is 1. The molecule has 3 aromatic carbocycles. The number of aliphatic hydroxyl groups excluding tert-OH is 1. The fourth-order valence-corrected chi connectivity index (χ4v) is 6.49. The number of methoxy groups -OCH3 is 1. The molecule has 5 rings (SSSR count). The topological polar surface area (TPSA) is 85.2 Å². The van der Waals surface area contributed by atoms with E-state index < -0.39 is 16.9 Å². The van der Waals surface area contributed by atoms with Gasteiger partial charge in [-0.3, -0.25) is 14.0 Å². The van der Waals surface area contributed by atoms with Crippen molar-refractivity contribution in [1.82, 2.24) is 0 Å². The third-order valence-electron chi connectivity index (χ3n) is 6.86. The fraction of sp³-hybridized carbons (Fsp3) is 0.310. The second-order valence-electron chi connectivity index (χ2n) is 9.03. The summed E-state index contributed by atoms with van der Waals surface area (Å²) in [5.41, 5.74) is 4.72. The SMILES string of the molecule is CCOc1cc2c(cc1OC)C(c1ccc(C(O)C(=O)c3ccccc3)cc1)=N[C@@H]1CC[S@@](=O)C[C@H]21. The molecule has 0 spiro atoms. The molecule has 1 fully saturated rings. The van der Waals surface area contributed by atoms with Crippen LogP contribution < -0.4 is 9.47 Å². The number of rotatable bonds is 7. The highest BCUT2D eigenvalue weighted by atomic mass is 32.2. The van der Waals surface area contributed by atoms with Crippen molar-refractivity contribution in [2.45, 2.75) is 31.4 Å². The van der Waals surface area contributed by atoms with Crippen LogP contribution in [0.2, 0.25) is 0 Å². The molecule has 4 atom stereocenters. The van der Waals surface area contributed by atoms with E-state index in [0.29, 0.717) is 40.7 Å². The van der Waals surface area contributed by atoms with Crippen LogP contribution in [-0.2, 0) is 10.8 Å². The summed E-state index contributed by atoms with van der Waals surface area (Å²) in [7, 11) is 0.744. The fourth-order valence-electron chi connectivity index (χ4n) is 5.02. The van der Waals surface area contributed by atoms with E-state index in [1.807, 2.05) is 37.3 Å². The number of nitrogens with zero attached hydrogens (tertiary/aromatic N) is 1. The van der Waals surface area contributed by atoms with Crippen molar-refractivity contribution in [3.8, 4) is 11.5 Å². The Bertz CT molecular complexity index is 1320. The molecule has 0 amide bonds. The molecule has 186 valence electrons. The standard InChI is InChI=1S/C29H29NO5S/c1-3-35-26-15-21-22(16-25(26)34-2)27(30-24-13-14-36(33)17-23(21)24)18-9-11-20(12-10-18)29(32)28(31)19-7-5-4-6-8-19/h4-12,15-16,23-24,29,32H,3,13-14,17H2,1-2H3/t23-,24-,29?,36-/m1/s1. The van der Waals surface area contributed by atoms with Crippen LogP contribution in [0, 0.1) is 0 Å². The zero-order valence-corrected chi connectivity index (χ0v) is 21.2. The van der Waals surface area contributed by atoms with Gasteiger partial charge in [0.2, 0.25) is 0 Å². The molecule has 0 bridgehead atoms. The van der Waals surface area contributed by atoms with E-state index in [1.165, 1.54) is 0 Å². The van der Waals surface area contributed by atoms with E-state index in [4.69, 9.17) is 14.5 Å². The minimum Gasteiger partial charge on any atom is -0.493 e. The highest BCUT2D eigenvalue weighted by Crippen LogP contribution is 2.42. The Hall–Kier alpha value is -3.29. The van der Waals surface area contributed by atoms with Crippen molar-refractivity contribution in [2.75, 3.05) is 25.2 Å². The van der Waals surface area contributed by atoms with E-state index in [-0.39, 0.29) is 17.7 Å². The Labute approximate surface area is 213 Å². The summed E-state index contributed by atoms with van der Waals surface area (Å²) in [6.45, 7) is 2.45. The number of ketones is 1. The first kappa shape index (κ1) is 24.4. The molecule has 2 aliphatic rings. The first-order chi connectivity index (χ1) is 17.5. The monoisotopic (exact) mass is 503 g/mol. The van der Waals surface area contributed by atoms with Gasteiger partial charge in [-0.25, -0.2) is 0 Å². The smallest absolute Gasteiger partial charge is 0.195 e. The number of carbonyl (C=O) groups is 1. The highest BCUT2D eigenvalue weighted by Gasteiger charge is 2.37. The van der Waals surface area contributed by atoms with Crippen LogP contribution >= 0.6 is 0 Å². The number of ether oxygens (including phenoxy) is 2. The zero-order valence-electron chi connectivity index (χ0n) is 20.3. The van der Waals surface area contributed by atoms with Crippen molar-refractivity contribution in [3.63, 3.8) is 0 Å². The summed E-state index contributed by atoms with van der Waals surface area (Å²) in [6.07, 6.45) is -0.480. The molecule has 36 heavy (non-hydrogen) atoms. The van der Waals surface area contributed by atoms with Crippen LogP contribution in [0.3, 0.4) is 0 Å². The van der Waals surface area contributed by atoms with Crippen LogP contribution in [0.15, 0.2) is 71.7 Å². The van der Waals surface area contributed by atoms with Crippen molar-refractivity contribution < 1.29 is 23.6 Å². The molecule has 0 aromatic heterocycles. The van der Waals surface area contributed by atoms with Gasteiger partial charge in [-0.1, -0.05) is 54.6 Å². The summed E-state index contributed by atoms with van der Waals surface area (Å²) in [4.78, 5) is 17.8. The van der Waals surface area contributed by atoms with Crippen LogP contribution in [0.25, 0.3) is 0 Å². The maximum absolute atomic E-state index is 12.7. The van der Waals surface area contributed by atoms with E-state index in [1.54, 1.807) is 43.5 Å². The van der Waals surface area contributed by atoms with Crippen molar-refractivity contribution in [1.29, 1.82) is 0 Å². The van der Waals surface area contributed by atoms with Crippen LogP contribution in [-0.4, -0.2) is 52.1 Å². The summed E-state index contributed by atoms with van der Waals surface area (Å²) in [5, 5.41) is 10.7. The van der Waals surface area contributed by atoms with E-state index in [0.717, 1.165) is 28.8 Å². The average molecular weight is 504 g/mol. The molecule has 6 nitrogen and oxygen atoms in total. The number of fused-ring (bicyclic) bond motifs is 3. The van der Waals surface area contributed by atoms with Gasteiger partial charge < -0.3 is 14.6 Å². The molecule has 2 heterocycles. The largest absolute Gasteiger partial charge is 0.493 e. The van der Waals surface area contributed by atoms with E-state index in [9.17, 15) is 14.1 Å². The number of hydrogen-bond acceptors (Lipinski definition) is 6. The lowest BCUT2D eigenvalue weighted by Crippen LogP contribution is -2.35. The van der Waals surface area contributed by atoms with Gasteiger partial charge >= 0.3 is 0 Å². The molecule has 3 aromatic rings. The zero-order chi connectivity index (χ0) is 25.2. The Morgan fingerprint density at radius 2 is 1.86 bits per heavy atom. The Morgan fingerprint density at radius 3 is 2.56 bits per heavy atom. The number of hydrogen-bond donors (Lipinski definition) is 1. The third-order valence-corrected chi connectivity index (χ3v) is 8.28. The molecular weight excluding hydrogens is 474 g/mol. The third kappa shape index (κ3) is 4.61. The molecule has 0 aliphatic carbocycles. The molecule has 2 aliphatic heterocycles. The molecule has 1 unspecified atom stereocenters. The minimum absolute atomic E-state index is 0.0398. The quantitative estimate of drug-likeness (QED) is 0.481. The predicted octanol–water partition coefficient (Wildman–Crippen LogP) is 4.47. The predicted molar refractivity (Wildman–Crippen MR) is 141 cm³/mol. The molecular formula is C29H29NO5S. The van der Waals surface area contributed by atoms with E-state index >= 15 is 0 Å². The maximum Gasteiger partial charge on any atom is 0.195 e. The van der Waals surface area contributed by atoms with E-state index in [2.05, 4.69) is 0 Å². The molecule has 7 heteroatoms. The lowest BCUT2D eigenvalue weighted by Gasteiger charge is -2.35. The van der Waals surface area contributed by atoms with Gasteiger partial charge in [0.1, 0.15) is 6.10 Å². The number of carbonyl (C=O) groups excluding carboxylic acids is 1. The Morgan fingerprint density at radius 1 is 1.11 bits per heavy atom. The summed E-state index contributed by atoms with van der Waals surface area (Å²) >= 11 is 0. The van der Waals surface area contributed by atoms with Crippen LogP contribution in [0.5, 0.6) is 11.5 Å². The summed E-state index contributed by atoms with van der Waals surface area (Å²) < 4.78 is 23.9. The highest BCUT2D eigenvalue weighted by molar-refractivity contribution is 7.85. The lowest BCUT2D eigenvalue weighted by molar-refractivity contribution is 0.0747. The van der Waals surface area contributed by atoms with Crippen LogP contribution in [0.4, 0.5) is 0 Å². The molecule has 0 saturated carbocycles. The van der Waals surface area contributed by atoms with Gasteiger partial charge in [0.15, 0.2) is 17.3 Å². The van der Waals surface area contributed by atoms with Crippen molar-refractivity contribution >= 4 is 22.3 Å². The van der Waals surface area contributed by atoms with Gasteiger partial charge in [0.05, 0.1) is 25.5 Å². The number of aliphatic hydroxyl groups is 1. The number of benzene rings is 3. The summed E-state index contributed by atoms with van der Waals surface area (Å²) in [6, 6.07) is 20.1. The first-order valence-corrected chi connectivity index (χ1v) is 13.6. The lowest BCUT2D eigenvalue weighted by atomic mass is 9.81. The van der Waals surface area contributed by atoms with Gasteiger partial charge in [-0.05, 0) is 36.6 Å². The van der Waals surface area contributed by atoms with Gasteiger partial charge in [0.25, 0.3) is 0 Å². The Balaban J connectivity index is 1.52. The second-order valence-corrected chi connectivity index (χ2v) is 10.7. The molecule has 0 radical (unpaired) electrons. The average Bonchev–Trinajstić information content (AvgIpc) is 2.92. The second kappa shape index (κ2) is 10.4. The Kier molecular flexibility index (Phi) is 7.03. The van der Waals surface area contributed by atoms with Gasteiger partial charge in [-0.2, -0.15) is 0 Å². The first-order valence-electron chi connectivity index (χ1n) is 12.2. The molecule has 1 saturated heterocycles. The minimum atomic E-state index is -1.24. The van der Waals surface area contributed by atoms with Crippen molar-refractivity contribution in [3.05, 3.63) is 94.5 Å². The van der Waals surface area contributed by atoms with Gasteiger partial charge in [-0.15, -0.1) is 0 Å². The van der Waals surface area contributed by atoms with Gasteiger partial charge in [0, 0.05) is 44.9 Å². The molecule has 1 N–H and O–H groups in total. The maximum atomic E-state index is 12.7. The number of aliphatic imine (C=N–C) groups is 1. The van der Waals surface area contributed by atoms with Crippen molar-refractivity contribution in [2.24, 2.45) is 4.99 Å². The normalized spacial score (nSPS) is 21.5. The van der Waals surface area contributed by atoms with Crippen LogP contribution in [0.1, 0.15) is 58.0 Å².